The first kappa shape index (κ1) is 12.5. The lowest BCUT2D eigenvalue weighted by atomic mass is 10.00. The number of carbonyl (C=O) groups excluding carboxylic acids is 1. The lowest BCUT2D eigenvalue weighted by Gasteiger charge is -2.04. The fourth-order valence-corrected chi connectivity index (χ4v) is 2.47. The van der Waals surface area contributed by atoms with E-state index >= 15 is 0 Å². The van der Waals surface area contributed by atoms with Gasteiger partial charge in [-0.05, 0) is 30.7 Å². The number of hydrogen-bond acceptors (Lipinski definition) is 2. The molecule has 1 N–H and O–H groups in total. The molecule has 0 atom stereocenters. The summed E-state index contributed by atoms with van der Waals surface area (Å²) in [5.41, 5.74) is 3.41. The fraction of sp³-hybridized carbons (Fsp3) is 0.118. The molecule has 20 heavy (non-hydrogen) atoms. The van der Waals surface area contributed by atoms with Gasteiger partial charge in [-0.15, -0.1) is 0 Å². The minimum Gasteiger partial charge on any atom is -0.497 e. The molecule has 0 saturated carbocycles. The summed E-state index contributed by atoms with van der Waals surface area (Å²) in [5, 5.41) is 0.986. The molecule has 3 nitrogen and oxygen atoms in total. The lowest BCUT2D eigenvalue weighted by molar-refractivity contribution is 0.104. The summed E-state index contributed by atoms with van der Waals surface area (Å²) in [4.78, 5) is 15.8. The number of H-pyrrole nitrogens is 1. The number of ketones is 1. The van der Waals surface area contributed by atoms with Gasteiger partial charge in [0.15, 0.2) is 5.78 Å². The quantitative estimate of drug-likeness (QED) is 0.733. The monoisotopic (exact) mass is 265 g/mol. The van der Waals surface area contributed by atoms with Gasteiger partial charge in [-0.1, -0.05) is 24.3 Å². The van der Waals surface area contributed by atoms with Crippen molar-refractivity contribution in [3.63, 3.8) is 0 Å². The van der Waals surface area contributed by atoms with Gasteiger partial charge in [0.2, 0.25) is 0 Å². The summed E-state index contributed by atoms with van der Waals surface area (Å²) in [6.45, 7) is 2.01. The van der Waals surface area contributed by atoms with E-state index in [1.807, 2.05) is 43.3 Å². The Hall–Kier alpha value is -2.55. The maximum Gasteiger partial charge on any atom is 0.195 e. The predicted molar refractivity (Wildman–Crippen MR) is 79.5 cm³/mol. The van der Waals surface area contributed by atoms with Gasteiger partial charge in [0, 0.05) is 28.2 Å². The lowest BCUT2D eigenvalue weighted by Crippen LogP contribution is -2.01. The van der Waals surface area contributed by atoms with Crippen LogP contribution >= 0.6 is 0 Å². The summed E-state index contributed by atoms with van der Waals surface area (Å²) in [6.07, 6.45) is 1.78. The Bertz CT molecular complexity index is 787. The molecule has 0 aliphatic heterocycles. The van der Waals surface area contributed by atoms with Crippen LogP contribution in [0.15, 0.2) is 48.7 Å². The zero-order valence-electron chi connectivity index (χ0n) is 11.4. The fourth-order valence-electron chi connectivity index (χ4n) is 2.47. The van der Waals surface area contributed by atoms with Crippen LogP contribution in [-0.2, 0) is 0 Å². The van der Waals surface area contributed by atoms with Crippen molar-refractivity contribution in [1.29, 1.82) is 0 Å². The van der Waals surface area contributed by atoms with E-state index in [2.05, 4.69) is 4.98 Å². The van der Waals surface area contributed by atoms with Crippen molar-refractivity contribution >= 4 is 16.7 Å². The second-order valence-corrected chi connectivity index (χ2v) is 4.76. The average Bonchev–Trinajstić information content (AvgIpc) is 2.92. The highest BCUT2D eigenvalue weighted by Gasteiger charge is 2.15. The highest BCUT2D eigenvalue weighted by atomic mass is 16.5. The number of rotatable bonds is 3. The van der Waals surface area contributed by atoms with Crippen LogP contribution in [0.1, 0.15) is 21.5 Å². The Morgan fingerprint density at radius 2 is 1.95 bits per heavy atom. The third-order valence-corrected chi connectivity index (χ3v) is 3.49. The number of nitrogens with one attached hydrogen (secondary N) is 1. The Balaban J connectivity index is 2.13. The number of aromatic nitrogens is 1. The van der Waals surface area contributed by atoms with Gasteiger partial charge in [0.25, 0.3) is 0 Å². The van der Waals surface area contributed by atoms with Crippen LogP contribution < -0.4 is 4.74 Å². The molecule has 0 spiro atoms. The van der Waals surface area contributed by atoms with Crippen molar-refractivity contribution < 1.29 is 9.53 Å². The van der Waals surface area contributed by atoms with Crippen LogP contribution in [-0.4, -0.2) is 17.9 Å². The van der Waals surface area contributed by atoms with Gasteiger partial charge in [-0.3, -0.25) is 4.79 Å². The maximum absolute atomic E-state index is 12.7. The van der Waals surface area contributed by atoms with E-state index in [1.54, 1.807) is 19.4 Å². The number of fused-ring (bicyclic) bond motifs is 1. The largest absolute Gasteiger partial charge is 0.497 e. The number of aromatic amines is 1. The average molecular weight is 265 g/mol. The second-order valence-electron chi connectivity index (χ2n) is 4.76. The molecule has 0 radical (unpaired) electrons. The molecule has 0 fully saturated rings. The molecular weight excluding hydrogens is 250 g/mol. The number of benzene rings is 2. The topological polar surface area (TPSA) is 42.1 Å². The Labute approximate surface area is 117 Å². The van der Waals surface area contributed by atoms with E-state index in [4.69, 9.17) is 4.74 Å². The molecule has 0 aliphatic carbocycles. The van der Waals surface area contributed by atoms with Gasteiger partial charge < -0.3 is 9.72 Å². The van der Waals surface area contributed by atoms with Crippen LogP contribution in [0.4, 0.5) is 0 Å². The molecular formula is C17H15NO2. The van der Waals surface area contributed by atoms with Crippen molar-refractivity contribution in [3.05, 3.63) is 65.4 Å². The molecule has 0 bridgehead atoms. The highest BCUT2D eigenvalue weighted by molar-refractivity contribution is 6.17. The molecule has 3 rings (SSSR count). The van der Waals surface area contributed by atoms with Crippen LogP contribution in [0, 0.1) is 6.92 Å². The van der Waals surface area contributed by atoms with Gasteiger partial charge in [-0.2, -0.15) is 0 Å². The van der Waals surface area contributed by atoms with E-state index in [0.717, 1.165) is 16.5 Å². The molecule has 0 unspecified atom stereocenters. The number of ether oxygens (including phenoxy) is 1. The maximum atomic E-state index is 12.7. The third-order valence-electron chi connectivity index (χ3n) is 3.49. The van der Waals surface area contributed by atoms with Gasteiger partial charge >= 0.3 is 0 Å². The van der Waals surface area contributed by atoms with Gasteiger partial charge in [0.05, 0.1) is 7.11 Å². The van der Waals surface area contributed by atoms with Crippen molar-refractivity contribution in [3.8, 4) is 5.75 Å². The summed E-state index contributed by atoms with van der Waals surface area (Å²) < 4.78 is 5.17. The number of methoxy groups -OCH3 is 1. The second kappa shape index (κ2) is 4.85. The predicted octanol–water partition coefficient (Wildman–Crippen LogP) is 3.72. The smallest absolute Gasteiger partial charge is 0.195 e. The minimum atomic E-state index is 0.00412. The first-order valence-electron chi connectivity index (χ1n) is 6.46. The number of hydrogen-bond donors (Lipinski definition) is 1. The van der Waals surface area contributed by atoms with Crippen molar-refractivity contribution in [2.75, 3.05) is 7.11 Å². The summed E-state index contributed by atoms with van der Waals surface area (Å²) in [7, 11) is 1.60. The van der Waals surface area contributed by atoms with E-state index in [9.17, 15) is 4.79 Å². The van der Waals surface area contributed by atoms with Crippen LogP contribution in [0.25, 0.3) is 10.9 Å². The summed E-state index contributed by atoms with van der Waals surface area (Å²) in [6, 6.07) is 13.2. The van der Waals surface area contributed by atoms with Crippen LogP contribution in [0.2, 0.25) is 0 Å². The first-order valence-corrected chi connectivity index (χ1v) is 6.46. The normalized spacial score (nSPS) is 10.7. The molecule has 1 heterocycles. The Kier molecular flexibility index (Phi) is 3.03. The zero-order chi connectivity index (χ0) is 14.1. The summed E-state index contributed by atoms with van der Waals surface area (Å²) >= 11 is 0. The molecule has 1 aromatic heterocycles. The molecule has 0 amide bonds. The SMILES string of the molecule is COc1cccc(C(=O)c2c[nH]c3cccc(C)c23)c1. The standard InChI is InChI=1S/C17H15NO2/c1-11-5-3-8-15-16(11)14(10-18-15)17(19)12-6-4-7-13(9-12)20-2/h3-10,18H,1-2H3. The van der Waals surface area contributed by atoms with Crippen molar-refractivity contribution in [1.82, 2.24) is 4.98 Å². The van der Waals surface area contributed by atoms with Gasteiger partial charge in [0.1, 0.15) is 5.75 Å². The summed E-state index contributed by atoms with van der Waals surface area (Å²) in [5.74, 6) is 0.692. The molecule has 0 saturated heterocycles. The molecule has 3 heteroatoms. The highest BCUT2D eigenvalue weighted by Crippen LogP contribution is 2.25. The minimum absolute atomic E-state index is 0.00412. The Morgan fingerprint density at radius 1 is 1.15 bits per heavy atom. The Morgan fingerprint density at radius 3 is 2.75 bits per heavy atom. The zero-order valence-corrected chi connectivity index (χ0v) is 11.4. The molecule has 3 aromatic rings. The van der Waals surface area contributed by atoms with E-state index in [0.29, 0.717) is 16.9 Å². The van der Waals surface area contributed by atoms with Crippen LogP contribution in [0.5, 0.6) is 5.75 Å². The first-order chi connectivity index (χ1) is 9.70. The number of carbonyl (C=O) groups is 1. The third kappa shape index (κ3) is 1.97. The van der Waals surface area contributed by atoms with Crippen molar-refractivity contribution in [2.24, 2.45) is 0 Å². The van der Waals surface area contributed by atoms with Gasteiger partial charge in [-0.25, -0.2) is 0 Å². The van der Waals surface area contributed by atoms with Crippen molar-refractivity contribution in [2.45, 2.75) is 6.92 Å². The molecule has 100 valence electrons. The van der Waals surface area contributed by atoms with Crippen LogP contribution in [0.3, 0.4) is 0 Å². The number of aryl methyl sites for hydroxylation is 1. The van der Waals surface area contributed by atoms with E-state index in [1.165, 1.54) is 0 Å². The van der Waals surface area contributed by atoms with E-state index in [-0.39, 0.29) is 5.78 Å². The molecule has 2 aromatic carbocycles. The van der Waals surface area contributed by atoms with E-state index < -0.39 is 0 Å². The molecule has 0 aliphatic rings.